The number of pyridine rings is 1. The number of hydrazine groups is 1. The minimum absolute atomic E-state index is 0.0756. The van der Waals surface area contributed by atoms with Crippen molar-refractivity contribution in [3.63, 3.8) is 0 Å². The predicted molar refractivity (Wildman–Crippen MR) is 67.5 cm³/mol. The van der Waals surface area contributed by atoms with Crippen LogP contribution >= 0.6 is 0 Å². The van der Waals surface area contributed by atoms with Crippen LogP contribution in [0.3, 0.4) is 0 Å². The molecule has 0 bridgehead atoms. The lowest BCUT2D eigenvalue weighted by Gasteiger charge is -2.18. The summed E-state index contributed by atoms with van der Waals surface area (Å²) in [6.45, 7) is 2.74. The van der Waals surface area contributed by atoms with Crippen molar-refractivity contribution in [2.24, 2.45) is 5.84 Å². The topological polar surface area (TPSA) is 83.3 Å². The SMILES string of the molecule is CC(CN(C)C)NC(=O)c1ccc(NN)cn1. The fraction of sp³-hybridized carbons (Fsp3) is 0.455. The van der Waals surface area contributed by atoms with Crippen LogP contribution in [0.15, 0.2) is 18.3 Å². The minimum atomic E-state index is -0.178. The molecule has 0 aliphatic heterocycles. The number of nitrogens with one attached hydrogen (secondary N) is 2. The summed E-state index contributed by atoms with van der Waals surface area (Å²) in [4.78, 5) is 17.8. The Hall–Kier alpha value is -1.66. The average molecular weight is 237 g/mol. The van der Waals surface area contributed by atoms with Crippen LogP contribution in [0.25, 0.3) is 0 Å². The molecule has 1 heterocycles. The van der Waals surface area contributed by atoms with E-state index < -0.39 is 0 Å². The second-order valence-corrected chi connectivity index (χ2v) is 4.21. The van der Waals surface area contributed by atoms with E-state index in [9.17, 15) is 4.79 Å². The van der Waals surface area contributed by atoms with Crippen molar-refractivity contribution in [3.8, 4) is 0 Å². The standard InChI is InChI=1S/C11H19N5O/c1-8(7-16(2)3)14-11(17)10-5-4-9(15-12)6-13-10/h4-6,8,15H,7,12H2,1-3H3,(H,14,17). The molecular weight excluding hydrogens is 218 g/mol. The first kappa shape index (κ1) is 13.4. The van der Waals surface area contributed by atoms with Crippen molar-refractivity contribution in [1.29, 1.82) is 0 Å². The van der Waals surface area contributed by atoms with E-state index in [1.165, 1.54) is 6.20 Å². The first-order valence-corrected chi connectivity index (χ1v) is 5.41. The summed E-state index contributed by atoms with van der Waals surface area (Å²) in [6, 6.07) is 3.41. The Morgan fingerprint density at radius 1 is 1.53 bits per heavy atom. The summed E-state index contributed by atoms with van der Waals surface area (Å²) in [5, 5.41) is 2.87. The zero-order valence-corrected chi connectivity index (χ0v) is 10.4. The summed E-state index contributed by atoms with van der Waals surface area (Å²) in [5.41, 5.74) is 3.51. The van der Waals surface area contributed by atoms with Gasteiger partial charge in [-0.2, -0.15) is 0 Å². The maximum atomic E-state index is 11.8. The van der Waals surface area contributed by atoms with Crippen molar-refractivity contribution in [3.05, 3.63) is 24.0 Å². The molecule has 1 rings (SSSR count). The van der Waals surface area contributed by atoms with Crippen LogP contribution in [-0.4, -0.2) is 42.5 Å². The number of hydrogen-bond acceptors (Lipinski definition) is 5. The maximum absolute atomic E-state index is 11.8. The predicted octanol–water partition coefficient (Wildman–Crippen LogP) is 0.0471. The second kappa shape index (κ2) is 6.17. The largest absolute Gasteiger partial charge is 0.347 e. The van der Waals surface area contributed by atoms with E-state index in [4.69, 9.17) is 5.84 Å². The van der Waals surface area contributed by atoms with E-state index in [1.54, 1.807) is 12.1 Å². The highest BCUT2D eigenvalue weighted by atomic mass is 16.1. The van der Waals surface area contributed by atoms with Crippen molar-refractivity contribution in [2.45, 2.75) is 13.0 Å². The highest BCUT2D eigenvalue weighted by molar-refractivity contribution is 5.92. The Bertz CT molecular complexity index is 363. The Kier molecular flexibility index (Phi) is 4.86. The fourth-order valence-electron chi connectivity index (χ4n) is 1.50. The van der Waals surface area contributed by atoms with Gasteiger partial charge in [0, 0.05) is 12.6 Å². The molecule has 1 unspecified atom stereocenters. The van der Waals surface area contributed by atoms with Crippen LogP contribution in [-0.2, 0) is 0 Å². The number of nitrogens with zero attached hydrogens (tertiary/aromatic N) is 2. The summed E-state index contributed by atoms with van der Waals surface area (Å²) >= 11 is 0. The van der Waals surface area contributed by atoms with Crippen LogP contribution in [0.1, 0.15) is 17.4 Å². The van der Waals surface area contributed by atoms with E-state index in [2.05, 4.69) is 15.7 Å². The smallest absolute Gasteiger partial charge is 0.270 e. The molecule has 1 amide bonds. The lowest BCUT2D eigenvalue weighted by molar-refractivity contribution is 0.0929. The number of aromatic nitrogens is 1. The number of amides is 1. The summed E-state index contributed by atoms with van der Waals surface area (Å²) < 4.78 is 0. The van der Waals surface area contributed by atoms with Gasteiger partial charge >= 0.3 is 0 Å². The molecule has 6 heteroatoms. The van der Waals surface area contributed by atoms with Gasteiger partial charge < -0.3 is 15.6 Å². The quantitative estimate of drug-likeness (QED) is 0.498. The minimum Gasteiger partial charge on any atom is -0.347 e. The number of carbonyl (C=O) groups excluding carboxylic acids is 1. The van der Waals surface area contributed by atoms with Gasteiger partial charge in [0.15, 0.2) is 0 Å². The van der Waals surface area contributed by atoms with Gasteiger partial charge in [0.25, 0.3) is 5.91 Å². The molecule has 1 aromatic heterocycles. The highest BCUT2D eigenvalue weighted by Gasteiger charge is 2.11. The molecule has 4 N–H and O–H groups in total. The van der Waals surface area contributed by atoms with Crippen molar-refractivity contribution in [1.82, 2.24) is 15.2 Å². The number of rotatable bonds is 5. The monoisotopic (exact) mass is 237 g/mol. The maximum Gasteiger partial charge on any atom is 0.270 e. The summed E-state index contributed by atoms with van der Waals surface area (Å²) in [6.07, 6.45) is 1.52. The van der Waals surface area contributed by atoms with E-state index >= 15 is 0 Å². The second-order valence-electron chi connectivity index (χ2n) is 4.21. The van der Waals surface area contributed by atoms with Crippen molar-refractivity contribution >= 4 is 11.6 Å². The zero-order chi connectivity index (χ0) is 12.8. The number of carbonyl (C=O) groups is 1. The van der Waals surface area contributed by atoms with Gasteiger partial charge in [-0.3, -0.25) is 10.6 Å². The lowest BCUT2D eigenvalue weighted by Crippen LogP contribution is -2.39. The van der Waals surface area contributed by atoms with E-state index in [1.807, 2.05) is 25.9 Å². The number of nitrogen functional groups attached to an aromatic ring is 1. The van der Waals surface area contributed by atoms with Crippen molar-refractivity contribution < 1.29 is 4.79 Å². The zero-order valence-electron chi connectivity index (χ0n) is 10.4. The Labute approximate surface area is 101 Å². The molecule has 0 saturated carbocycles. The molecule has 0 aliphatic rings. The number of hydrogen-bond donors (Lipinski definition) is 3. The number of likely N-dealkylation sites (N-methyl/N-ethyl adjacent to an activating group) is 1. The Morgan fingerprint density at radius 3 is 2.71 bits per heavy atom. The molecule has 6 nitrogen and oxygen atoms in total. The van der Waals surface area contributed by atoms with Gasteiger partial charge in [-0.15, -0.1) is 0 Å². The van der Waals surface area contributed by atoms with Gasteiger partial charge in [0.2, 0.25) is 0 Å². The van der Waals surface area contributed by atoms with Gasteiger partial charge in [0.1, 0.15) is 5.69 Å². The molecule has 1 aromatic rings. The first-order valence-electron chi connectivity index (χ1n) is 5.41. The fourth-order valence-corrected chi connectivity index (χ4v) is 1.50. The van der Waals surface area contributed by atoms with Crippen LogP contribution in [0.2, 0.25) is 0 Å². The van der Waals surface area contributed by atoms with Gasteiger partial charge in [-0.25, -0.2) is 4.98 Å². The van der Waals surface area contributed by atoms with Crippen LogP contribution in [0.5, 0.6) is 0 Å². The molecular formula is C11H19N5O. The molecule has 0 aliphatic carbocycles. The third-order valence-electron chi connectivity index (χ3n) is 2.18. The lowest BCUT2D eigenvalue weighted by atomic mass is 10.2. The molecule has 0 spiro atoms. The van der Waals surface area contributed by atoms with Gasteiger partial charge in [-0.05, 0) is 33.2 Å². The normalized spacial score (nSPS) is 12.3. The molecule has 0 saturated heterocycles. The third kappa shape index (κ3) is 4.38. The number of nitrogens with two attached hydrogens (primary N) is 1. The highest BCUT2D eigenvalue weighted by Crippen LogP contribution is 2.04. The molecule has 1 atom stereocenters. The van der Waals surface area contributed by atoms with E-state index in [-0.39, 0.29) is 11.9 Å². The summed E-state index contributed by atoms with van der Waals surface area (Å²) in [5.74, 6) is 5.04. The van der Waals surface area contributed by atoms with Crippen LogP contribution in [0.4, 0.5) is 5.69 Å². The van der Waals surface area contributed by atoms with Crippen LogP contribution < -0.4 is 16.6 Å². The van der Waals surface area contributed by atoms with Crippen LogP contribution in [0, 0.1) is 0 Å². The molecule has 0 aromatic carbocycles. The number of anilines is 1. The van der Waals surface area contributed by atoms with Gasteiger partial charge in [-0.1, -0.05) is 0 Å². The van der Waals surface area contributed by atoms with E-state index in [0.717, 1.165) is 6.54 Å². The Morgan fingerprint density at radius 2 is 2.24 bits per heavy atom. The van der Waals surface area contributed by atoms with E-state index in [0.29, 0.717) is 11.4 Å². The third-order valence-corrected chi connectivity index (χ3v) is 2.18. The molecule has 17 heavy (non-hydrogen) atoms. The van der Waals surface area contributed by atoms with Gasteiger partial charge in [0.05, 0.1) is 11.9 Å². The van der Waals surface area contributed by atoms with Crippen molar-refractivity contribution in [2.75, 3.05) is 26.1 Å². The average Bonchev–Trinajstić information content (AvgIpc) is 2.28. The first-order chi connectivity index (χ1) is 8.02. The Balaban J connectivity index is 2.57. The summed E-state index contributed by atoms with van der Waals surface area (Å²) in [7, 11) is 3.92. The molecule has 0 radical (unpaired) electrons. The molecule has 94 valence electrons. The molecule has 0 fully saturated rings.